The van der Waals surface area contributed by atoms with E-state index in [2.05, 4.69) is 12.2 Å². The smallest absolute Gasteiger partial charge is 0.178 e. The standard InChI is InChI=1S/C10H8O.ClH/c11-10-6-4-8-2-1-3-9(8)5-7-10;/h1-2,4-7H,3H2;1H. The van der Waals surface area contributed by atoms with Gasteiger partial charge in [0.2, 0.25) is 0 Å². The number of hydrogen-bond acceptors (Lipinski definition) is 1. The van der Waals surface area contributed by atoms with Crippen LogP contribution < -0.4 is 5.43 Å². The summed E-state index contributed by atoms with van der Waals surface area (Å²) in [6, 6.07) is 7.00. The van der Waals surface area contributed by atoms with Gasteiger partial charge in [-0.1, -0.05) is 24.3 Å². The van der Waals surface area contributed by atoms with Crippen LogP contribution in [0.2, 0.25) is 0 Å². The first-order valence-corrected chi connectivity index (χ1v) is 3.66. The third kappa shape index (κ3) is 1.56. The van der Waals surface area contributed by atoms with Crippen molar-refractivity contribution in [3.8, 4) is 0 Å². The second-order valence-electron chi connectivity index (χ2n) is 2.66. The molecule has 0 fully saturated rings. The van der Waals surface area contributed by atoms with Crippen LogP contribution in [-0.4, -0.2) is 0 Å². The molecule has 0 saturated carbocycles. The van der Waals surface area contributed by atoms with Crippen molar-refractivity contribution >= 4 is 18.5 Å². The van der Waals surface area contributed by atoms with Crippen molar-refractivity contribution in [2.75, 3.05) is 0 Å². The van der Waals surface area contributed by atoms with E-state index >= 15 is 0 Å². The van der Waals surface area contributed by atoms with Crippen LogP contribution in [0.3, 0.4) is 0 Å². The van der Waals surface area contributed by atoms with Crippen molar-refractivity contribution in [2.45, 2.75) is 6.42 Å². The van der Waals surface area contributed by atoms with E-state index in [0.29, 0.717) is 0 Å². The van der Waals surface area contributed by atoms with Crippen molar-refractivity contribution in [3.05, 3.63) is 51.7 Å². The summed E-state index contributed by atoms with van der Waals surface area (Å²) in [6.07, 6.45) is 5.12. The van der Waals surface area contributed by atoms with Crippen molar-refractivity contribution < 1.29 is 0 Å². The van der Waals surface area contributed by atoms with Gasteiger partial charge >= 0.3 is 0 Å². The van der Waals surface area contributed by atoms with E-state index < -0.39 is 0 Å². The Morgan fingerprint density at radius 2 is 1.83 bits per heavy atom. The van der Waals surface area contributed by atoms with Gasteiger partial charge in [-0.15, -0.1) is 12.4 Å². The lowest BCUT2D eigenvalue weighted by molar-refractivity contribution is 1.32. The average Bonchev–Trinajstić information content (AvgIpc) is 2.38. The van der Waals surface area contributed by atoms with Gasteiger partial charge in [0, 0.05) is 0 Å². The Bertz CT molecular complexity index is 369. The molecule has 2 rings (SSSR count). The molecule has 0 N–H and O–H groups in total. The summed E-state index contributed by atoms with van der Waals surface area (Å²) in [5, 5.41) is 0. The van der Waals surface area contributed by atoms with Gasteiger partial charge in [0.05, 0.1) is 0 Å². The van der Waals surface area contributed by atoms with Crippen LogP contribution in [0.1, 0.15) is 11.1 Å². The van der Waals surface area contributed by atoms with E-state index in [-0.39, 0.29) is 17.8 Å². The molecule has 0 bridgehead atoms. The zero-order valence-electron chi connectivity index (χ0n) is 6.49. The predicted octanol–water partition coefficient (Wildman–Crippen LogP) is 2.04. The van der Waals surface area contributed by atoms with Gasteiger partial charge in [0.25, 0.3) is 0 Å². The number of halogens is 1. The summed E-state index contributed by atoms with van der Waals surface area (Å²) in [7, 11) is 0. The van der Waals surface area contributed by atoms with E-state index in [4.69, 9.17) is 0 Å². The van der Waals surface area contributed by atoms with Crippen molar-refractivity contribution in [1.82, 2.24) is 0 Å². The minimum Gasteiger partial charge on any atom is -0.290 e. The van der Waals surface area contributed by atoms with E-state index in [0.717, 1.165) is 6.42 Å². The van der Waals surface area contributed by atoms with Crippen LogP contribution in [0.5, 0.6) is 0 Å². The van der Waals surface area contributed by atoms with Crippen molar-refractivity contribution in [3.63, 3.8) is 0 Å². The number of rotatable bonds is 0. The van der Waals surface area contributed by atoms with Crippen molar-refractivity contribution in [2.24, 2.45) is 0 Å². The monoisotopic (exact) mass is 180 g/mol. The molecule has 0 unspecified atom stereocenters. The maximum atomic E-state index is 10.9. The van der Waals surface area contributed by atoms with Gasteiger partial charge in [0.1, 0.15) is 0 Å². The first-order chi connectivity index (χ1) is 5.36. The predicted molar refractivity (Wildman–Crippen MR) is 52.7 cm³/mol. The molecule has 1 aliphatic carbocycles. The number of allylic oxidation sites excluding steroid dienone is 1. The molecule has 2 heteroatoms. The van der Waals surface area contributed by atoms with Gasteiger partial charge < -0.3 is 0 Å². The molecule has 0 radical (unpaired) electrons. The Labute approximate surface area is 77.2 Å². The van der Waals surface area contributed by atoms with E-state index in [9.17, 15) is 4.79 Å². The first kappa shape index (κ1) is 9.01. The lowest BCUT2D eigenvalue weighted by Crippen LogP contribution is -1.87. The van der Waals surface area contributed by atoms with Gasteiger partial charge in [-0.25, -0.2) is 0 Å². The molecular weight excluding hydrogens is 172 g/mol. The average molecular weight is 181 g/mol. The SMILES string of the molecule is Cl.O=c1ccc2c(cc1)CC=C2. The molecule has 0 saturated heterocycles. The Balaban J connectivity index is 0.000000720. The van der Waals surface area contributed by atoms with Crippen LogP contribution in [0, 0.1) is 0 Å². The topological polar surface area (TPSA) is 17.1 Å². The molecule has 1 aromatic carbocycles. The molecular formula is C10H9ClO. The number of fused-ring (bicyclic) bond motifs is 1. The summed E-state index contributed by atoms with van der Waals surface area (Å²) in [6.45, 7) is 0. The summed E-state index contributed by atoms with van der Waals surface area (Å²) >= 11 is 0. The van der Waals surface area contributed by atoms with Crippen LogP contribution in [-0.2, 0) is 6.42 Å². The van der Waals surface area contributed by atoms with Gasteiger partial charge in [-0.05, 0) is 29.7 Å². The molecule has 0 aliphatic heterocycles. The lowest BCUT2D eigenvalue weighted by atomic mass is 10.2. The highest BCUT2D eigenvalue weighted by Gasteiger charge is 2.00. The van der Waals surface area contributed by atoms with E-state index in [1.165, 1.54) is 11.1 Å². The van der Waals surface area contributed by atoms with Gasteiger partial charge in [-0.2, -0.15) is 0 Å². The Hall–Kier alpha value is -1.08. The molecule has 0 heterocycles. The molecule has 0 atom stereocenters. The van der Waals surface area contributed by atoms with E-state index in [1.807, 2.05) is 12.1 Å². The highest BCUT2D eigenvalue weighted by Crippen LogP contribution is 2.15. The normalized spacial score (nSPS) is 12.0. The summed E-state index contributed by atoms with van der Waals surface area (Å²) < 4.78 is 0. The summed E-state index contributed by atoms with van der Waals surface area (Å²) in [4.78, 5) is 10.9. The highest BCUT2D eigenvalue weighted by molar-refractivity contribution is 5.85. The molecule has 0 aromatic heterocycles. The van der Waals surface area contributed by atoms with Crippen molar-refractivity contribution in [1.29, 1.82) is 0 Å². The van der Waals surface area contributed by atoms with E-state index in [1.54, 1.807) is 12.1 Å². The van der Waals surface area contributed by atoms with Crippen LogP contribution in [0.25, 0.3) is 6.08 Å². The maximum Gasteiger partial charge on any atom is 0.178 e. The van der Waals surface area contributed by atoms with Gasteiger partial charge in [0.15, 0.2) is 5.43 Å². The molecule has 62 valence electrons. The lowest BCUT2D eigenvalue weighted by Gasteiger charge is -1.87. The Kier molecular flexibility index (Phi) is 2.66. The second-order valence-corrected chi connectivity index (χ2v) is 2.66. The molecule has 1 aromatic rings. The minimum absolute atomic E-state index is 0. The molecule has 1 aliphatic rings. The van der Waals surface area contributed by atoms with Crippen LogP contribution in [0.4, 0.5) is 0 Å². The molecule has 12 heavy (non-hydrogen) atoms. The van der Waals surface area contributed by atoms with Crippen LogP contribution in [0.15, 0.2) is 35.1 Å². The van der Waals surface area contributed by atoms with Gasteiger partial charge in [-0.3, -0.25) is 4.79 Å². The Morgan fingerprint density at radius 3 is 2.67 bits per heavy atom. The first-order valence-electron chi connectivity index (χ1n) is 3.66. The fourth-order valence-corrected chi connectivity index (χ4v) is 1.27. The maximum absolute atomic E-state index is 10.9. The third-order valence-corrected chi connectivity index (χ3v) is 1.88. The molecule has 0 amide bonds. The Morgan fingerprint density at radius 1 is 1.08 bits per heavy atom. The highest BCUT2D eigenvalue weighted by atomic mass is 35.5. The molecule has 0 spiro atoms. The summed E-state index contributed by atoms with van der Waals surface area (Å²) in [5.74, 6) is 0. The van der Waals surface area contributed by atoms with Crippen LogP contribution >= 0.6 is 12.4 Å². The largest absolute Gasteiger partial charge is 0.290 e. The third-order valence-electron chi connectivity index (χ3n) is 1.88. The quantitative estimate of drug-likeness (QED) is 0.597. The zero-order chi connectivity index (χ0) is 7.68. The fraction of sp³-hybridized carbons (Fsp3) is 0.100. The minimum atomic E-state index is 0. The fourth-order valence-electron chi connectivity index (χ4n) is 1.27. The molecule has 1 nitrogen and oxygen atoms in total. The summed E-state index contributed by atoms with van der Waals surface area (Å²) in [5.41, 5.74) is 2.49. The zero-order valence-corrected chi connectivity index (χ0v) is 7.30. The number of hydrogen-bond donors (Lipinski definition) is 0. The second kappa shape index (κ2) is 3.55.